The lowest BCUT2D eigenvalue weighted by atomic mass is 9.89. The van der Waals surface area contributed by atoms with Crippen molar-refractivity contribution in [3.63, 3.8) is 0 Å². The maximum atomic E-state index is 13.4. The van der Waals surface area contributed by atoms with E-state index in [0.717, 1.165) is 5.69 Å². The van der Waals surface area contributed by atoms with Crippen LogP contribution in [0, 0.1) is 5.92 Å². The molecule has 4 rings (SSSR count). The molecular formula is C23H27ClN4O2. The van der Waals surface area contributed by atoms with Crippen LogP contribution < -0.4 is 10.5 Å². The van der Waals surface area contributed by atoms with Gasteiger partial charge >= 0.3 is 0 Å². The van der Waals surface area contributed by atoms with Crippen molar-refractivity contribution < 1.29 is 9.53 Å². The fourth-order valence-electron chi connectivity index (χ4n) is 3.98. The Labute approximate surface area is 183 Å². The van der Waals surface area contributed by atoms with Gasteiger partial charge in [0.1, 0.15) is 0 Å². The summed E-state index contributed by atoms with van der Waals surface area (Å²) in [5.74, 6) is 0.860. The van der Waals surface area contributed by atoms with Crippen molar-refractivity contribution in [3.8, 4) is 11.4 Å². The first-order chi connectivity index (χ1) is 14.2. The lowest BCUT2D eigenvalue weighted by Gasteiger charge is -2.16. The number of nitrogens with two attached hydrogens (primary N) is 1. The lowest BCUT2D eigenvalue weighted by Crippen LogP contribution is -2.30. The van der Waals surface area contributed by atoms with Crippen LogP contribution in [0.5, 0.6) is 5.75 Å². The summed E-state index contributed by atoms with van der Waals surface area (Å²) in [4.78, 5) is 15.2. The molecule has 3 aromatic rings. The number of likely N-dealkylation sites (tertiary alicyclic amines) is 1. The first-order valence-corrected chi connectivity index (χ1v) is 10.0. The zero-order valence-electron chi connectivity index (χ0n) is 17.0. The van der Waals surface area contributed by atoms with E-state index >= 15 is 0 Å². The van der Waals surface area contributed by atoms with Gasteiger partial charge in [0.05, 0.1) is 18.5 Å². The Hall–Kier alpha value is -2.83. The van der Waals surface area contributed by atoms with Crippen molar-refractivity contribution in [3.05, 3.63) is 78.1 Å². The molecule has 2 atom stereocenters. The molecule has 0 unspecified atom stereocenters. The average molecular weight is 427 g/mol. The Bertz CT molecular complexity index is 962. The number of para-hydroxylation sites is 1. The molecule has 0 saturated carbocycles. The van der Waals surface area contributed by atoms with Crippen LogP contribution in [-0.4, -0.2) is 46.8 Å². The Morgan fingerprint density at radius 1 is 1.10 bits per heavy atom. The number of hydrogen-bond acceptors (Lipinski definition) is 4. The molecule has 7 heteroatoms. The molecule has 1 amide bonds. The number of ether oxygens (including phenoxy) is 1. The summed E-state index contributed by atoms with van der Waals surface area (Å²) in [6.07, 6.45) is 1.78. The summed E-state index contributed by atoms with van der Waals surface area (Å²) < 4.78 is 7.43. The minimum Gasteiger partial charge on any atom is -0.490 e. The smallest absolute Gasteiger partial charge is 0.278 e. The molecule has 0 radical (unpaired) electrons. The summed E-state index contributed by atoms with van der Waals surface area (Å²) in [5, 5.41) is 4.56. The van der Waals surface area contributed by atoms with E-state index in [1.807, 2.05) is 60.4 Å². The molecule has 0 spiro atoms. The molecule has 0 bridgehead atoms. The Morgan fingerprint density at radius 3 is 2.40 bits per heavy atom. The number of carbonyl (C=O) groups excluding carboxylic acids is 1. The van der Waals surface area contributed by atoms with E-state index in [9.17, 15) is 4.79 Å². The molecule has 2 N–H and O–H groups in total. The van der Waals surface area contributed by atoms with Gasteiger partial charge in [-0.1, -0.05) is 48.5 Å². The van der Waals surface area contributed by atoms with Gasteiger partial charge in [0.15, 0.2) is 11.4 Å². The van der Waals surface area contributed by atoms with Crippen LogP contribution >= 0.6 is 12.4 Å². The average Bonchev–Trinajstić information content (AvgIpc) is 3.39. The van der Waals surface area contributed by atoms with Crippen LogP contribution in [0.25, 0.3) is 5.69 Å². The molecule has 6 nitrogen and oxygen atoms in total. The Balaban J connectivity index is 0.00000256. The van der Waals surface area contributed by atoms with E-state index in [1.54, 1.807) is 10.9 Å². The van der Waals surface area contributed by atoms with Crippen molar-refractivity contribution >= 4 is 18.3 Å². The van der Waals surface area contributed by atoms with Gasteiger partial charge in [-0.05, 0) is 37.1 Å². The maximum absolute atomic E-state index is 13.4. The second-order valence-corrected chi connectivity index (χ2v) is 7.28. The normalized spacial score (nSPS) is 18.1. The third kappa shape index (κ3) is 4.35. The predicted molar refractivity (Wildman–Crippen MR) is 120 cm³/mol. The van der Waals surface area contributed by atoms with E-state index in [4.69, 9.17) is 10.5 Å². The molecule has 158 valence electrons. The fourth-order valence-corrected chi connectivity index (χ4v) is 3.98. The van der Waals surface area contributed by atoms with Crippen LogP contribution in [0.15, 0.2) is 66.9 Å². The van der Waals surface area contributed by atoms with Crippen molar-refractivity contribution in [1.29, 1.82) is 0 Å². The molecule has 1 saturated heterocycles. The largest absolute Gasteiger partial charge is 0.490 e. The number of halogens is 1. The van der Waals surface area contributed by atoms with Crippen LogP contribution in [0.1, 0.15) is 28.9 Å². The maximum Gasteiger partial charge on any atom is 0.278 e. The molecule has 2 aromatic carbocycles. The standard InChI is InChI=1S/C23H26N4O2.ClH/c1-2-29-21-16-27(19-11-7-4-8-12-19)25-22(21)23(28)26-14-18(13-24)20(15-26)17-9-5-3-6-10-17;/h3-12,16,18,20H,2,13-15,24H2,1H3;1H/t18-,20+;/m1./s1. The molecule has 2 heterocycles. The number of hydrogen-bond donors (Lipinski definition) is 1. The van der Waals surface area contributed by atoms with Crippen molar-refractivity contribution in [2.75, 3.05) is 26.2 Å². The van der Waals surface area contributed by atoms with Gasteiger partial charge in [0.25, 0.3) is 5.91 Å². The number of nitrogens with zero attached hydrogens (tertiary/aromatic N) is 3. The number of rotatable bonds is 6. The zero-order chi connectivity index (χ0) is 20.2. The van der Waals surface area contributed by atoms with E-state index in [0.29, 0.717) is 37.7 Å². The minimum atomic E-state index is -0.111. The van der Waals surface area contributed by atoms with Gasteiger partial charge < -0.3 is 15.4 Å². The second kappa shape index (κ2) is 9.78. The molecule has 1 aliphatic rings. The van der Waals surface area contributed by atoms with Gasteiger partial charge in [-0.25, -0.2) is 4.68 Å². The first kappa shape index (κ1) is 21.9. The SMILES string of the molecule is CCOc1cn(-c2ccccc2)nc1C(=O)N1C[C@@H](CN)[C@H](c2ccccc2)C1.Cl. The van der Waals surface area contributed by atoms with Crippen molar-refractivity contribution in [1.82, 2.24) is 14.7 Å². The molecule has 1 aromatic heterocycles. The second-order valence-electron chi connectivity index (χ2n) is 7.28. The van der Waals surface area contributed by atoms with Crippen molar-refractivity contribution in [2.24, 2.45) is 11.7 Å². The van der Waals surface area contributed by atoms with Gasteiger partial charge in [0, 0.05) is 19.0 Å². The Morgan fingerprint density at radius 2 is 1.77 bits per heavy atom. The fraction of sp³-hybridized carbons (Fsp3) is 0.304. The molecule has 0 aliphatic carbocycles. The highest BCUT2D eigenvalue weighted by Crippen LogP contribution is 2.33. The molecule has 1 fully saturated rings. The lowest BCUT2D eigenvalue weighted by molar-refractivity contribution is 0.0776. The summed E-state index contributed by atoms with van der Waals surface area (Å²) in [6.45, 7) is 4.17. The van der Waals surface area contributed by atoms with Crippen molar-refractivity contribution in [2.45, 2.75) is 12.8 Å². The zero-order valence-corrected chi connectivity index (χ0v) is 17.8. The third-order valence-corrected chi connectivity index (χ3v) is 5.46. The highest BCUT2D eigenvalue weighted by molar-refractivity contribution is 5.95. The summed E-state index contributed by atoms with van der Waals surface area (Å²) in [5.41, 5.74) is 8.49. The van der Waals surface area contributed by atoms with Gasteiger partial charge in [-0.3, -0.25) is 4.79 Å². The topological polar surface area (TPSA) is 73.4 Å². The third-order valence-electron chi connectivity index (χ3n) is 5.46. The van der Waals surface area contributed by atoms with Crippen LogP contribution in [0.2, 0.25) is 0 Å². The summed E-state index contributed by atoms with van der Waals surface area (Å²) in [6, 6.07) is 20.0. The minimum absolute atomic E-state index is 0. The quantitative estimate of drug-likeness (QED) is 0.654. The first-order valence-electron chi connectivity index (χ1n) is 10.0. The van der Waals surface area contributed by atoms with Crippen LogP contribution in [0.3, 0.4) is 0 Å². The molecular weight excluding hydrogens is 400 g/mol. The van der Waals surface area contributed by atoms with E-state index < -0.39 is 0 Å². The van der Waals surface area contributed by atoms with Crippen LogP contribution in [0.4, 0.5) is 0 Å². The molecule has 30 heavy (non-hydrogen) atoms. The number of amides is 1. The van der Waals surface area contributed by atoms with E-state index in [2.05, 4.69) is 17.2 Å². The van der Waals surface area contributed by atoms with E-state index in [-0.39, 0.29) is 30.2 Å². The molecule has 1 aliphatic heterocycles. The van der Waals surface area contributed by atoms with Gasteiger partial charge in [0.2, 0.25) is 0 Å². The monoisotopic (exact) mass is 426 g/mol. The van der Waals surface area contributed by atoms with Gasteiger partial charge in [-0.15, -0.1) is 12.4 Å². The number of carbonyl (C=O) groups is 1. The predicted octanol–water partition coefficient (Wildman–Crippen LogP) is 3.51. The Kier molecular flexibility index (Phi) is 7.13. The number of benzene rings is 2. The van der Waals surface area contributed by atoms with Gasteiger partial charge in [-0.2, -0.15) is 5.10 Å². The summed E-state index contributed by atoms with van der Waals surface area (Å²) in [7, 11) is 0. The summed E-state index contributed by atoms with van der Waals surface area (Å²) >= 11 is 0. The highest BCUT2D eigenvalue weighted by atomic mass is 35.5. The number of aromatic nitrogens is 2. The van der Waals surface area contributed by atoms with Crippen LogP contribution in [-0.2, 0) is 0 Å². The highest BCUT2D eigenvalue weighted by Gasteiger charge is 2.37. The van der Waals surface area contributed by atoms with E-state index in [1.165, 1.54) is 5.56 Å².